The fourth-order valence-electron chi connectivity index (χ4n) is 4.72. The van der Waals surface area contributed by atoms with E-state index in [4.69, 9.17) is 9.47 Å². The van der Waals surface area contributed by atoms with Gasteiger partial charge in [0.25, 0.3) is 0 Å². The summed E-state index contributed by atoms with van der Waals surface area (Å²) in [4.78, 5) is 0. The molecule has 1 N–H and O–H groups in total. The van der Waals surface area contributed by atoms with Gasteiger partial charge in [-0.3, -0.25) is 0 Å². The van der Waals surface area contributed by atoms with Gasteiger partial charge in [-0.05, 0) is 124 Å². The van der Waals surface area contributed by atoms with E-state index in [0.29, 0.717) is 12.5 Å². The summed E-state index contributed by atoms with van der Waals surface area (Å²) in [6, 6.07) is 11.1. The van der Waals surface area contributed by atoms with Gasteiger partial charge < -0.3 is 14.8 Å². The topological polar surface area (TPSA) is 30.5 Å². The van der Waals surface area contributed by atoms with Gasteiger partial charge in [0.1, 0.15) is 18.1 Å². The van der Waals surface area contributed by atoms with Crippen molar-refractivity contribution in [1.29, 1.82) is 0 Å². The Morgan fingerprint density at radius 2 is 1.71 bits per heavy atom. The number of benzene rings is 2. The Morgan fingerprint density at radius 1 is 1.00 bits per heavy atom. The van der Waals surface area contributed by atoms with Crippen molar-refractivity contribution in [2.75, 3.05) is 6.61 Å². The minimum absolute atomic E-state index is 0.185. The molecule has 2 fully saturated rings. The summed E-state index contributed by atoms with van der Waals surface area (Å²) < 4.78 is 14.5. The Kier molecular flexibility index (Phi) is 8.46. The van der Waals surface area contributed by atoms with Crippen LogP contribution in [0.3, 0.4) is 0 Å². The molecule has 35 heavy (non-hydrogen) atoms. The lowest BCUT2D eigenvalue weighted by atomic mass is 9.72. The van der Waals surface area contributed by atoms with Crippen LogP contribution in [-0.4, -0.2) is 12.6 Å². The van der Waals surface area contributed by atoms with Crippen molar-refractivity contribution in [1.82, 2.24) is 5.32 Å². The largest absolute Gasteiger partial charge is 0.492 e. The predicted octanol–water partition coefficient (Wildman–Crippen LogP) is 8.21. The average molecular weight is 697 g/mol. The second kappa shape index (κ2) is 11.0. The maximum atomic E-state index is 6.29. The van der Waals surface area contributed by atoms with Crippen LogP contribution in [-0.2, 0) is 13.0 Å². The van der Waals surface area contributed by atoms with E-state index in [-0.39, 0.29) is 11.5 Å². The van der Waals surface area contributed by atoms with Gasteiger partial charge in [0.05, 0.1) is 19.8 Å². The lowest BCUT2D eigenvalue weighted by Crippen LogP contribution is -2.43. The van der Waals surface area contributed by atoms with E-state index >= 15 is 0 Å². The molecule has 0 radical (unpaired) electrons. The number of halogens is 2. The van der Waals surface area contributed by atoms with Crippen LogP contribution >= 0.6 is 45.2 Å². The monoisotopic (exact) mass is 697 g/mol. The normalized spacial score (nSPS) is 20.5. The molecule has 2 aliphatic rings. The first-order chi connectivity index (χ1) is 16.5. The molecule has 3 nitrogen and oxygen atoms in total. The second-order valence-corrected chi connectivity index (χ2v) is 13.6. The van der Waals surface area contributed by atoms with Crippen molar-refractivity contribution >= 4 is 45.2 Å². The summed E-state index contributed by atoms with van der Waals surface area (Å²) in [5, 5.41) is 3.66. The van der Waals surface area contributed by atoms with Crippen molar-refractivity contribution in [2.45, 2.75) is 66.0 Å². The molecule has 0 spiro atoms. The highest BCUT2D eigenvalue weighted by Crippen LogP contribution is 2.39. The smallest absolute Gasteiger partial charge is 0.136 e. The van der Waals surface area contributed by atoms with Crippen LogP contribution in [0.2, 0.25) is 0 Å². The zero-order chi connectivity index (χ0) is 25.3. The number of piperidine rings is 1. The minimum atomic E-state index is 0.185. The highest BCUT2D eigenvalue weighted by atomic mass is 127. The molecule has 4 rings (SSSR count). The number of rotatable bonds is 8. The molecule has 2 aromatic carbocycles. The van der Waals surface area contributed by atoms with Crippen LogP contribution in [0.1, 0.15) is 56.7 Å². The molecule has 0 aromatic heterocycles. The Bertz CT molecular complexity index is 1090. The molecular formula is C30H37I2NO2. The molecule has 1 aliphatic heterocycles. The quantitative estimate of drug-likeness (QED) is 0.223. The van der Waals surface area contributed by atoms with E-state index in [2.05, 4.69) is 122 Å². The van der Waals surface area contributed by atoms with Crippen LogP contribution in [0, 0.1) is 31.3 Å². The fourth-order valence-corrected chi connectivity index (χ4v) is 6.43. The van der Waals surface area contributed by atoms with E-state index < -0.39 is 0 Å². The van der Waals surface area contributed by atoms with Gasteiger partial charge in [-0.2, -0.15) is 0 Å². The molecular weight excluding hydrogens is 660 g/mol. The number of allylic oxidation sites excluding steroid dienone is 1. The van der Waals surface area contributed by atoms with Crippen molar-refractivity contribution < 1.29 is 9.47 Å². The average Bonchev–Trinajstić information content (AvgIpc) is 3.58. The molecule has 2 unspecified atom stereocenters. The van der Waals surface area contributed by atoms with Crippen LogP contribution in [0.25, 0.3) is 0 Å². The zero-order valence-electron chi connectivity index (χ0n) is 21.3. The van der Waals surface area contributed by atoms with E-state index in [1.54, 1.807) is 0 Å². The summed E-state index contributed by atoms with van der Waals surface area (Å²) in [7, 11) is 0. The molecule has 2 atom stereocenters. The standard InChI is InChI=1S/C30H37I2NO2/c1-18-12-24(30(4,5)6)20(3)33-27(18)15-23-11-19(2)29(26(32)14-23)35-17-22-9-10-28(25(31)13-22)34-16-21-7-8-21/h9-11,13-14,21,24,27,33H,1,3,7-8,12,15-17H2,2,4-6H3. The van der Waals surface area contributed by atoms with Crippen LogP contribution in [0.5, 0.6) is 11.5 Å². The van der Waals surface area contributed by atoms with E-state index in [1.165, 1.54) is 29.5 Å². The summed E-state index contributed by atoms with van der Waals surface area (Å²) in [6.45, 7) is 19.1. The molecule has 0 bridgehead atoms. The number of ether oxygens (including phenoxy) is 2. The first-order valence-electron chi connectivity index (χ1n) is 12.5. The van der Waals surface area contributed by atoms with Crippen molar-refractivity contribution in [3.8, 4) is 11.5 Å². The van der Waals surface area contributed by atoms with Crippen molar-refractivity contribution in [3.63, 3.8) is 0 Å². The van der Waals surface area contributed by atoms with E-state index in [9.17, 15) is 0 Å². The van der Waals surface area contributed by atoms with Crippen molar-refractivity contribution in [2.24, 2.45) is 17.3 Å². The maximum absolute atomic E-state index is 6.29. The highest BCUT2D eigenvalue weighted by Gasteiger charge is 2.34. The number of nitrogens with one attached hydrogen (secondary N) is 1. The third kappa shape index (κ3) is 6.96. The summed E-state index contributed by atoms with van der Waals surface area (Å²) in [5.41, 5.74) is 6.21. The predicted molar refractivity (Wildman–Crippen MR) is 162 cm³/mol. The van der Waals surface area contributed by atoms with Gasteiger partial charge in [-0.1, -0.05) is 51.6 Å². The number of hydrogen-bond acceptors (Lipinski definition) is 3. The summed E-state index contributed by atoms with van der Waals surface area (Å²) in [6.07, 6.45) is 4.52. The van der Waals surface area contributed by atoms with Gasteiger partial charge in [0.2, 0.25) is 0 Å². The molecule has 1 aliphatic carbocycles. The van der Waals surface area contributed by atoms with Gasteiger partial charge in [0, 0.05) is 11.6 Å². The Labute approximate surface area is 238 Å². The van der Waals surface area contributed by atoms with Crippen LogP contribution in [0.15, 0.2) is 54.8 Å². The minimum Gasteiger partial charge on any atom is -0.492 e. The number of aryl methyl sites for hydroxylation is 1. The molecule has 2 aromatic rings. The van der Waals surface area contributed by atoms with Crippen molar-refractivity contribution in [3.05, 3.63) is 78.6 Å². The fraction of sp³-hybridized carbons (Fsp3) is 0.467. The molecule has 5 heteroatoms. The first-order valence-corrected chi connectivity index (χ1v) is 14.6. The van der Waals surface area contributed by atoms with E-state index in [1.807, 2.05) is 0 Å². The lowest BCUT2D eigenvalue weighted by Gasteiger charge is -2.41. The highest BCUT2D eigenvalue weighted by molar-refractivity contribution is 14.1. The molecule has 1 heterocycles. The van der Waals surface area contributed by atoms with Gasteiger partial charge in [-0.25, -0.2) is 0 Å². The molecule has 188 valence electrons. The lowest BCUT2D eigenvalue weighted by molar-refractivity contribution is 0.243. The Hall–Kier alpha value is -1.22. The van der Waals surface area contributed by atoms with Gasteiger partial charge in [0.15, 0.2) is 0 Å². The Morgan fingerprint density at radius 3 is 2.34 bits per heavy atom. The third-order valence-electron chi connectivity index (χ3n) is 7.06. The number of hydrogen-bond donors (Lipinski definition) is 1. The molecule has 1 saturated heterocycles. The second-order valence-electron chi connectivity index (χ2n) is 11.2. The van der Waals surface area contributed by atoms with Gasteiger partial charge in [-0.15, -0.1) is 0 Å². The zero-order valence-corrected chi connectivity index (χ0v) is 25.7. The summed E-state index contributed by atoms with van der Waals surface area (Å²) in [5.74, 6) is 3.12. The molecule has 0 amide bonds. The van der Waals surface area contributed by atoms with Crippen LogP contribution < -0.4 is 14.8 Å². The molecule has 1 saturated carbocycles. The SMILES string of the molecule is C=C1CC(C(C)(C)C)C(=C)NC1Cc1cc(C)c(OCc2ccc(OCC3CC3)c(I)c2)c(I)c1. The van der Waals surface area contributed by atoms with Gasteiger partial charge >= 0.3 is 0 Å². The summed E-state index contributed by atoms with van der Waals surface area (Å²) >= 11 is 4.76. The Balaban J connectivity index is 1.38. The third-order valence-corrected chi connectivity index (χ3v) is 8.71. The van der Waals surface area contributed by atoms with E-state index in [0.717, 1.165) is 55.3 Å². The first kappa shape index (κ1) is 26.8. The maximum Gasteiger partial charge on any atom is 0.136 e. The van der Waals surface area contributed by atoms with Crippen LogP contribution in [0.4, 0.5) is 0 Å².